The van der Waals surface area contributed by atoms with E-state index in [0.717, 1.165) is 39.1 Å². The minimum absolute atomic E-state index is 0.0633. The summed E-state index contributed by atoms with van der Waals surface area (Å²) in [6, 6.07) is 36.1. The Morgan fingerprint density at radius 2 is 1.23 bits per heavy atom. The van der Waals surface area contributed by atoms with E-state index in [1.165, 1.54) is 0 Å². The van der Waals surface area contributed by atoms with E-state index in [2.05, 4.69) is 12.1 Å². The number of benzene rings is 4. The summed E-state index contributed by atoms with van der Waals surface area (Å²) >= 11 is 0. The van der Waals surface area contributed by atoms with E-state index >= 15 is 0 Å². The highest BCUT2D eigenvalue weighted by molar-refractivity contribution is 6.13. The van der Waals surface area contributed by atoms with Gasteiger partial charge in [0.25, 0.3) is 5.91 Å². The van der Waals surface area contributed by atoms with Crippen molar-refractivity contribution < 1.29 is 4.79 Å². The third-order valence-corrected chi connectivity index (χ3v) is 6.69. The number of aryl methyl sites for hydroxylation is 1. The molecule has 0 unspecified atom stereocenters. The van der Waals surface area contributed by atoms with Gasteiger partial charge in [-0.2, -0.15) is 10.5 Å². The second kappa shape index (κ2) is 8.93. The molecule has 4 aromatic carbocycles. The first-order valence-corrected chi connectivity index (χ1v) is 11.5. The summed E-state index contributed by atoms with van der Waals surface area (Å²) < 4.78 is 0. The molecular formula is C31H23N3O. The summed E-state index contributed by atoms with van der Waals surface area (Å²) in [5.74, 6) is -0.0633. The lowest BCUT2D eigenvalue weighted by Crippen LogP contribution is -2.46. The van der Waals surface area contributed by atoms with Gasteiger partial charge in [-0.05, 0) is 52.9 Å². The quantitative estimate of drug-likeness (QED) is 0.368. The lowest BCUT2D eigenvalue weighted by atomic mass is 9.76. The number of nitrogens with zero attached hydrogens (tertiary/aromatic N) is 3. The number of nitriles is 2. The van der Waals surface area contributed by atoms with E-state index in [1.807, 2.05) is 109 Å². The molecule has 1 heterocycles. The average Bonchev–Trinajstić information content (AvgIpc) is 3.15. The van der Waals surface area contributed by atoms with Crippen molar-refractivity contribution in [2.45, 2.75) is 25.3 Å². The van der Waals surface area contributed by atoms with Crippen molar-refractivity contribution in [3.63, 3.8) is 0 Å². The second-order valence-electron chi connectivity index (χ2n) is 8.80. The number of hydrogen-bond donors (Lipinski definition) is 0. The van der Waals surface area contributed by atoms with Crippen LogP contribution in [0.25, 0.3) is 0 Å². The first-order chi connectivity index (χ1) is 17.1. The molecule has 0 atom stereocenters. The fraction of sp³-hybridized carbons (Fsp3) is 0.129. The molecule has 0 aliphatic carbocycles. The molecule has 1 aliphatic heterocycles. The molecule has 0 radical (unpaired) electrons. The average molecular weight is 454 g/mol. The van der Waals surface area contributed by atoms with Crippen LogP contribution in [-0.2, 0) is 18.4 Å². The van der Waals surface area contributed by atoms with Crippen LogP contribution in [0.1, 0.15) is 43.7 Å². The maximum absolute atomic E-state index is 14.0. The molecule has 4 aromatic rings. The molecule has 0 saturated heterocycles. The molecule has 168 valence electrons. The van der Waals surface area contributed by atoms with Gasteiger partial charge in [-0.15, -0.1) is 0 Å². The fourth-order valence-electron chi connectivity index (χ4n) is 5.03. The van der Waals surface area contributed by atoms with Crippen LogP contribution in [-0.4, -0.2) is 5.91 Å². The number of carbonyl (C=O) groups is 1. The van der Waals surface area contributed by atoms with Crippen LogP contribution >= 0.6 is 0 Å². The molecule has 1 aliphatic rings. The lowest BCUT2D eigenvalue weighted by Gasteiger charge is -2.40. The highest BCUT2D eigenvalue weighted by atomic mass is 16.2. The molecule has 0 spiro atoms. The molecule has 0 aromatic heterocycles. The third kappa shape index (κ3) is 3.57. The first kappa shape index (κ1) is 22.1. The van der Waals surface area contributed by atoms with Gasteiger partial charge in [0, 0.05) is 11.3 Å². The molecule has 0 N–H and O–H groups in total. The van der Waals surface area contributed by atoms with Crippen molar-refractivity contribution >= 4 is 11.6 Å². The predicted octanol–water partition coefficient (Wildman–Crippen LogP) is 6.08. The van der Waals surface area contributed by atoms with Crippen molar-refractivity contribution in [3.8, 4) is 12.1 Å². The summed E-state index contributed by atoms with van der Waals surface area (Å²) in [5.41, 5.74) is 6.31. The standard InChI is InChI=1S/C31H23N3O/c1-22-6-16-27(17-7-22)34-30(35)28-4-2-3-5-29(28)31(34,25-12-8-23(9-13-25)18-20-32)26-14-10-24(11-15-26)19-21-33/h2-17H,18-19H2,1H3. The normalized spacial score (nSPS) is 13.7. The van der Waals surface area contributed by atoms with Crippen LogP contribution < -0.4 is 4.90 Å². The zero-order valence-electron chi connectivity index (χ0n) is 19.4. The Kier molecular flexibility index (Phi) is 5.65. The Morgan fingerprint density at radius 1 is 0.714 bits per heavy atom. The van der Waals surface area contributed by atoms with Crippen molar-refractivity contribution in [2.75, 3.05) is 4.90 Å². The van der Waals surface area contributed by atoms with Crippen LogP contribution in [0, 0.1) is 29.6 Å². The second-order valence-corrected chi connectivity index (χ2v) is 8.80. The summed E-state index contributed by atoms with van der Waals surface area (Å²) in [7, 11) is 0. The van der Waals surface area contributed by atoms with Crippen molar-refractivity contribution in [1.82, 2.24) is 0 Å². The van der Waals surface area contributed by atoms with E-state index in [1.54, 1.807) is 0 Å². The van der Waals surface area contributed by atoms with Crippen molar-refractivity contribution in [1.29, 1.82) is 10.5 Å². The summed E-state index contributed by atoms with van der Waals surface area (Å²) in [5, 5.41) is 18.3. The number of amides is 1. The van der Waals surface area contributed by atoms with Crippen LogP contribution in [0.3, 0.4) is 0 Å². The highest BCUT2D eigenvalue weighted by Gasteiger charge is 2.52. The molecular weight excluding hydrogens is 430 g/mol. The molecule has 4 heteroatoms. The van der Waals surface area contributed by atoms with Crippen LogP contribution in [0.5, 0.6) is 0 Å². The maximum atomic E-state index is 14.0. The molecule has 5 rings (SSSR count). The van der Waals surface area contributed by atoms with E-state index in [9.17, 15) is 4.79 Å². The van der Waals surface area contributed by atoms with Gasteiger partial charge < -0.3 is 0 Å². The van der Waals surface area contributed by atoms with Gasteiger partial charge in [0.05, 0.1) is 25.0 Å². The Labute approximate surface area is 205 Å². The number of carbonyl (C=O) groups excluding carboxylic acids is 1. The van der Waals surface area contributed by atoms with Gasteiger partial charge in [0.2, 0.25) is 0 Å². The largest absolute Gasteiger partial charge is 0.290 e. The van der Waals surface area contributed by atoms with E-state index in [0.29, 0.717) is 18.4 Å². The minimum atomic E-state index is -0.903. The summed E-state index contributed by atoms with van der Waals surface area (Å²) in [4.78, 5) is 15.9. The highest BCUT2D eigenvalue weighted by Crippen LogP contribution is 2.51. The zero-order valence-corrected chi connectivity index (χ0v) is 19.4. The molecule has 35 heavy (non-hydrogen) atoms. The fourth-order valence-corrected chi connectivity index (χ4v) is 5.03. The van der Waals surface area contributed by atoms with E-state index in [4.69, 9.17) is 10.5 Å². The molecule has 1 amide bonds. The first-order valence-electron chi connectivity index (χ1n) is 11.5. The number of rotatable bonds is 5. The maximum Gasteiger partial charge on any atom is 0.260 e. The number of fused-ring (bicyclic) bond motifs is 1. The lowest BCUT2D eigenvalue weighted by molar-refractivity contribution is 0.0986. The van der Waals surface area contributed by atoms with Crippen LogP contribution in [0.15, 0.2) is 97.1 Å². The van der Waals surface area contributed by atoms with Gasteiger partial charge >= 0.3 is 0 Å². The molecule has 0 fully saturated rings. The van der Waals surface area contributed by atoms with E-state index < -0.39 is 5.54 Å². The van der Waals surface area contributed by atoms with E-state index in [-0.39, 0.29) is 5.91 Å². The smallest absolute Gasteiger partial charge is 0.260 e. The molecule has 4 nitrogen and oxygen atoms in total. The Bertz CT molecular complexity index is 1410. The Balaban J connectivity index is 1.83. The van der Waals surface area contributed by atoms with Crippen molar-refractivity contribution in [2.24, 2.45) is 0 Å². The van der Waals surface area contributed by atoms with Gasteiger partial charge in [0.15, 0.2) is 0 Å². The monoisotopic (exact) mass is 453 g/mol. The topological polar surface area (TPSA) is 67.9 Å². The zero-order chi connectivity index (χ0) is 24.4. The number of hydrogen-bond acceptors (Lipinski definition) is 3. The Hall–Kier alpha value is -4.67. The van der Waals surface area contributed by atoms with Gasteiger partial charge in [0.1, 0.15) is 5.54 Å². The minimum Gasteiger partial charge on any atom is -0.290 e. The van der Waals surface area contributed by atoms with Crippen molar-refractivity contribution in [3.05, 3.63) is 136 Å². The third-order valence-electron chi connectivity index (χ3n) is 6.69. The Morgan fingerprint density at radius 3 is 1.74 bits per heavy atom. The van der Waals surface area contributed by atoms with Crippen LogP contribution in [0.2, 0.25) is 0 Å². The van der Waals surface area contributed by atoms with Crippen LogP contribution in [0.4, 0.5) is 5.69 Å². The SMILES string of the molecule is Cc1ccc(N2C(=O)c3ccccc3C2(c2ccc(CC#N)cc2)c2ccc(CC#N)cc2)cc1. The predicted molar refractivity (Wildman–Crippen MR) is 136 cm³/mol. The van der Waals surface area contributed by atoms with Gasteiger partial charge in [-0.25, -0.2) is 0 Å². The molecule has 0 bridgehead atoms. The number of anilines is 1. The van der Waals surface area contributed by atoms with Gasteiger partial charge in [-0.3, -0.25) is 9.69 Å². The van der Waals surface area contributed by atoms with Gasteiger partial charge in [-0.1, -0.05) is 84.4 Å². The molecule has 0 saturated carbocycles. The summed E-state index contributed by atoms with van der Waals surface area (Å²) in [6.45, 7) is 2.03. The summed E-state index contributed by atoms with van der Waals surface area (Å²) in [6.07, 6.45) is 0.653.